The summed E-state index contributed by atoms with van der Waals surface area (Å²) in [6.07, 6.45) is 2.31. The summed E-state index contributed by atoms with van der Waals surface area (Å²) in [7, 11) is 0. The Bertz CT molecular complexity index is 1320. The fraction of sp³-hybridized carbons (Fsp3) is 0.385. The Labute approximate surface area is 188 Å². The number of aromatic nitrogens is 4. The summed E-state index contributed by atoms with van der Waals surface area (Å²) in [6, 6.07) is 14.8. The highest BCUT2D eigenvalue weighted by Gasteiger charge is 2.23. The first-order valence-corrected chi connectivity index (χ1v) is 11.7. The molecule has 0 aliphatic carbocycles. The smallest absolute Gasteiger partial charge is 0.329 e. The van der Waals surface area contributed by atoms with Crippen molar-refractivity contribution in [2.45, 2.75) is 52.6 Å². The van der Waals surface area contributed by atoms with Crippen LogP contribution in [-0.4, -0.2) is 32.2 Å². The van der Waals surface area contributed by atoms with Crippen molar-refractivity contribution in [3.8, 4) is 22.5 Å². The monoisotopic (exact) mass is 429 g/mol. The summed E-state index contributed by atoms with van der Waals surface area (Å²) in [5, 5.41) is 3.50. The molecule has 0 saturated carbocycles. The van der Waals surface area contributed by atoms with Gasteiger partial charge < -0.3 is 10.3 Å². The number of aryl methyl sites for hydroxylation is 3. The van der Waals surface area contributed by atoms with Crippen molar-refractivity contribution < 1.29 is 0 Å². The van der Waals surface area contributed by atoms with Crippen LogP contribution < -0.4 is 11.0 Å². The van der Waals surface area contributed by atoms with Crippen LogP contribution in [0.2, 0.25) is 0 Å². The molecule has 4 aromatic rings. The number of fused-ring (bicyclic) bond motifs is 1. The van der Waals surface area contributed by atoms with E-state index in [0.29, 0.717) is 19.0 Å². The van der Waals surface area contributed by atoms with E-state index in [0.717, 1.165) is 58.9 Å². The predicted octanol–water partition coefficient (Wildman–Crippen LogP) is 4.68. The van der Waals surface area contributed by atoms with Gasteiger partial charge in [0.2, 0.25) is 0 Å². The lowest BCUT2D eigenvalue weighted by atomic mass is 9.99. The summed E-state index contributed by atoms with van der Waals surface area (Å²) in [5.41, 5.74) is 7.41. The van der Waals surface area contributed by atoms with Gasteiger partial charge in [-0.2, -0.15) is 0 Å². The van der Waals surface area contributed by atoms with Crippen molar-refractivity contribution in [1.29, 1.82) is 0 Å². The molecule has 32 heavy (non-hydrogen) atoms. The molecular formula is C26H31N5O. The maximum atomic E-state index is 12.8. The summed E-state index contributed by atoms with van der Waals surface area (Å²) >= 11 is 0. The lowest BCUT2D eigenvalue weighted by Crippen LogP contribution is -2.28. The van der Waals surface area contributed by atoms with E-state index in [1.807, 2.05) is 23.0 Å². The molecule has 1 saturated heterocycles. The zero-order chi connectivity index (χ0) is 22.2. The van der Waals surface area contributed by atoms with Crippen molar-refractivity contribution in [2.24, 2.45) is 0 Å². The van der Waals surface area contributed by atoms with Crippen LogP contribution in [0.15, 0.2) is 47.3 Å². The van der Waals surface area contributed by atoms with Crippen LogP contribution in [-0.2, 0) is 13.1 Å². The molecule has 0 bridgehead atoms. The highest BCUT2D eigenvalue weighted by molar-refractivity contribution is 5.86. The molecule has 1 atom stereocenters. The van der Waals surface area contributed by atoms with Crippen LogP contribution in [0.1, 0.15) is 44.0 Å². The molecule has 6 nitrogen and oxygen atoms in total. The van der Waals surface area contributed by atoms with Crippen LogP contribution in [0.5, 0.6) is 0 Å². The molecule has 1 aliphatic heterocycles. The maximum Gasteiger partial charge on any atom is 0.329 e. The number of hydrogen-bond acceptors (Lipinski definition) is 3. The van der Waals surface area contributed by atoms with Crippen LogP contribution in [0.4, 0.5) is 0 Å². The largest absolute Gasteiger partial charge is 0.341 e. The molecule has 1 unspecified atom stereocenters. The van der Waals surface area contributed by atoms with E-state index >= 15 is 0 Å². The third-order valence-electron chi connectivity index (χ3n) is 6.64. The van der Waals surface area contributed by atoms with Gasteiger partial charge in [-0.3, -0.25) is 9.13 Å². The van der Waals surface area contributed by atoms with Gasteiger partial charge in [0.1, 0.15) is 5.82 Å². The molecule has 0 spiro atoms. The molecule has 2 aromatic heterocycles. The van der Waals surface area contributed by atoms with E-state index in [1.165, 1.54) is 12.0 Å². The Balaban J connectivity index is 1.70. The van der Waals surface area contributed by atoms with E-state index in [-0.39, 0.29) is 5.69 Å². The minimum atomic E-state index is 0.0552. The highest BCUT2D eigenvalue weighted by atomic mass is 16.1. The van der Waals surface area contributed by atoms with Gasteiger partial charge in [0.05, 0.1) is 22.4 Å². The molecule has 2 aromatic carbocycles. The molecule has 3 heterocycles. The lowest BCUT2D eigenvalue weighted by molar-refractivity contribution is 0.449. The van der Waals surface area contributed by atoms with E-state index in [1.54, 1.807) is 0 Å². The van der Waals surface area contributed by atoms with Crippen LogP contribution in [0, 0.1) is 6.92 Å². The van der Waals surface area contributed by atoms with Crippen LogP contribution in [0.25, 0.3) is 33.5 Å². The van der Waals surface area contributed by atoms with Crippen molar-refractivity contribution >= 4 is 11.0 Å². The Morgan fingerprint density at radius 1 is 1.03 bits per heavy atom. The lowest BCUT2D eigenvalue weighted by Gasteiger charge is -2.20. The van der Waals surface area contributed by atoms with E-state index < -0.39 is 0 Å². The average Bonchev–Trinajstić information content (AvgIpc) is 3.38. The van der Waals surface area contributed by atoms with Crippen molar-refractivity contribution in [2.75, 3.05) is 13.1 Å². The molecule has 6 heteroatoms. The second-order valence-corrected chi connectivity index (χ2v) is 8.73. The Hall–Kier alpha value is -3.12. The van der Waals surface area contributed by atoms with Crippen LogP contribution in [0.3, 0.4) is 0 Å². The first kappa shape index (κ1) is 20.8. The molecule has 5 rings (SSSR count). The maximum absolute atomic E-state index is 12.8. The van der Waals surface area contributed by atoms with Gasteiger partial charge in [-0.25, -0.2) is 9.78 Å². The van der Waals surface area contributed by atoms with Gasteiger partial charge in [-0.1, -0.05) is 29.8 Å². The second-order valence-electron chi connectivity index (χ2n) is 8.73. The van der Waals surface area contributed by atoms with E-state index in [9.17, 15) is 4.79 Å². The van der Waals surface area contributed by atoms with Gasteiger partial charge >= 0.3 is 5.69 Å². The van der Waals surface area contributed by atoms with E-state index in [2.05, 4.69) is 59.7 Å². The quantitative estimate of drug-likeness (QED) is 0.484. The summed E-state index contributed by atoms with van der Waals surface area (Å²) in [4.78, 5) is 21.6. The molecule has 166 valence electrons. The fourth-order valence-electron chi connectivity index (χ4n) is 4.97. The van der Waals surface area contributed by atoms with Gasteiger partial charge in [0.15, 0.2) is 0 Å². The SMILES string of the molecule is CCn1c(=O)n(CC)c2cc(-c3[nH]c(C4CCCNC4)nc3-c3cccc(C)c3)ccc21. The minimum absolute atomic E-state index is 0.0552. The average molecular weight is 430 g/mol. The Morgan fingerprint density at radius 2 is 1.84 bits per heavy atom. The molecule has 1 fully saturated rings. The zero-order valence-corrected chi connectivity index (χ0v) is 19.1. The number of benzene rings is 2. The Morgan fingerprint density at radius 3 is 2.56 bits per heavy atom. The fourth-order valence-corrected chi connectivity index (χ4v) is 4.97. The Kier molecular flexibility index (Phi) is 5.47. The number of nitrogens with one attached hydrogen (secondary N) is 2. The number of aromatic amines is 1. The third-order valence-corrected chi connectivity index (χ3v) is 6.64. The first-order valence-electron chi connectivity index (χ1n) is 11.7. The van der Waals surface area contributed by atoms with Gasteiger partial charge in [0.25, 0.3) is 0 Å². The summed E-state index contributed by atoms with van der Waals surface area (Å²) < 4.78 is 3.70. The van der Waals surface area contributed by atoms with E-state index in [4.69, 9.17) is 4.98 Å². The van der Waals surface area contributed by atoms with Crippen LogP contribution >= 0.6 is 0 Å². The topological polar surface area (TPSA) is 67.6 Å². The molecule has 1 aliphatic rings. The van der Waals surface area contributed by atoms with Gasteiger partial charge in [0, 0.05) is 36.7 Å². The molecule has 0 radical (unpaired) electrons. The zero-order valence-electron chi connectivity index (χ0n) is 19.1. The molecule has 0 amide bonds. The molecule has 2 N–H and O–H groups in total. The first-order chi connectivity index (χ1) is 15.6. The third kappa shape index (κ3) is 3.48. The van der Waals surface area contributed by atoms with Gasteiger partial charge in [-0.05, 0) is 58.4 Å². The number of nitrogens with zero attached hydrogens (tertiary/aromatic N) is 3. The normalized spacial score (nSPS) is 16.7. The summed E-state index contributed by atoms with van der Waals surface area (Å²) in [6.45, 7) is 9.50. The number of hydrogen-bond donors (Lipinski definition) is 2. The van der Waals surface area contributed by atoms with Gasteiger partial charge in [-0.15, -0.1) is 0 Å². The standard InChI is InChI=1S/C26H31N5O/c1-4-30-21-12-11-19(15-22(21)31(5-2)26(30)32)24-23(18-9-6-8-17(3)14-18)28-25(29-24)20-10-7-13-27-16-20/h6,8-9,11-12,14-15,20,27H,4-5,7,10,13,16H2,1-3H3,(H,28,29). The van der Waals surface area contributed by atoms with Crippen molar-refractivity contribution in [3.05, 3.63) is 64.3 Å². The number of rotatable bonds is 5. The minimum Gasteiger partial charge on any atom is -0.341 e. The predicted molar refractivity (Wildman–Crippen MR) is 130 cm³/mol. The molecular weight excluding hydrogens is 398 g/mol. The highest BCUT2D eigenvalue weighted by Crippen LogP contribution is 2.35. The number of H-pyrrole nitrogens is 1. The van der Waals surface area contributed by atoms with Crippen molar-refractivity contribution in [3.63, 3.8) is 0 Å². The second kappa shape index (κ2) is 8.43. The summed E-state index contributed by atoms with van der Waals surface area (Å²) in [5.74, 6) is 1.43. The van der Waals surface area contributed by atoms with Crippen molar-refractivity contribution in [1.82, 2.24) is 24.4 Å². The number of piperidine rings is 1. The number of imidazole rings is 2.